The van der Waals surface area contributed by atoms with Crippen LogP contribution in [0, 0.1) is 11.6 Å². The molecule has 162 valence electrons. The van der Waals surface area contributed by atoms with Crippen molar-refractivity contribution >= 4 is 17.4 Å². The highest BCUT2D eigenvalue weighted by Crippen LogP contribution is 2.33. The van der Waals surface area contributed by atoms with Crippen molar-refractivity contribution in [1.29, 1.82) is 0 Å². The lowest BCUT2D eigenvalue weighted by atomic mass is 10.0. The summed E-state index contributed by atoms with van der Waals surface area (Å²) in [5, 5.41) is 17.6. The average molecular weight is 435 g/mol. The van der Waals surface area contributed by atoms with E-state index in [-0.39, 0.29) is 11.4 Å². The van der Waals surface area contributed by atoms with Crippen molar-refractivity contribution in [2.45, 2.75) is 13.5 Å². The van der Waals surface area contributed by atoms with Crippen LogP contribution in [0.1, 0.15) is 6.92 Å². The Balaban J connectivity index is 1.64. The highest BCUT2D eigenvalue weighted by atomic mass is 19.1. The van der Waals surface area contributed by atoms with Gasteiger partial charge in [-0.1, -0.05) is 12.1 Å². The molecule has 0 radical (unpaired) electrons. The van der Waals surface area contributed by atoms with Gasteiger partial charge in [0, 0.05) is 42.3 Å². The smallest absolute Gasteiger partial charge is 0.303 e. The number of carbonyl (C=O) groups is 1. The number of halogens is 2. The number of hydrogen-bond donors (Lipinski definition) is 2. The van der Waals surface area contributed by atoms with E-state index in [9.17, 15) is 18.8 Å². The molecule has 0 saturated heterocycles. The molecular weight excluding hydrogens is 416 g/mol. The zero-order chi connectivity index (χ0) is 22.7. The van der Waals surface area contributed by atoms with Crippen LogP contribution in [0.2, 0.25) is 0 Å². The Morgan fingerprint density at radius 3 is 2.59 bits per heavy atom. The zero-order valence-corrected chi connectivity index (χ0v) is 17.0. The van der Waals surface area contributed by atoms with Gasteiger partial charge in [0.2, 0.25) is 0 Å². The molecule has 32 heavy (non-hydrogen) atoms. The first-order valence-corrected chi connectivity index (χ1v) is 9.79. The molecule has 2 amide bonds. The van der Waals surface area contributed by atoms with Crippen LogP contribution in [-0.2, 0) is 6.54 Å². The van der Waals surface area contributed by atoms with E-state index in [2.05, 4.69) is 15.4 Å². The molecule has 0 bridgehead atoms. The number of rotatable bonds is 5. The fourth-order valence-electron chi connectivity index (χ4n) is 3.20. The highest BCUT2D eigenvalue weighted by Gasteiger charge is 2.18. The SMILES string of the molecule is CCn1cc(-c2cccc(N(O)C(=O)Nc3ccc(F)cc3F)c2)c(-c2ccncc2)n1. The van der Waals surface area contributed by atoms with Crippen molar-refractivity contribution in [1.82, 2.24) is 14.8 Å². The number of hydroxylamine groups is 1. The summed E-state index contributed by atoms with van der Waals surface area (Å²) >= 11 is 0. The van der Waals surface area contributed by atoms with Gasteiger partial charge in [0.05, 0.1) is 11.4 Å². The van der Waals surface area contributed by atoms with Gasteiger partial charge in [0.1, 0.15) is 17.3 Å². The number of benzene rings is 2. The molecule has 0 aliphatic heterocycles. The minimum absolute atomic E-state index is 0.160. The van der Waals surface area contributed by atoms with Gasteiger partial charge in [-0.3, -0.25) is 14.9 Å². The highest BCUT2D eigenvalue weighted by molar-refractivity contribution is 6.00. The number of nitrogens with one attached hydrogen (secondary N) is 1. The van der Waals surface area contributed by atoms with Crippen molar-refractivity contribution in [3.05, 3.63) is 84.8 Å². The number of pyridine rings is 1. The van der Waals surface area contributed by atoms with Crippen molar-refractivity contribution < 1.29 is 18.8 Å². The van der Waals surface area contributed by atoms with Gasteiger partial charge in [0.15, 0.2) is 0 Å². The van der Waals surface area contributed by atoms with E-state index < -0.39 is 17.7 Å². The first-order chi connectivity index (χ1) is 15.5. The molecule has 7 nitrogen and oxygen atoms in total. The Hall–Kier alpha value is -4.11. The van der Waals surface area contributed by atoms with Crippen LogP contribution in [0.25, 0.3) is 22.4 Å². The Morgan fingerprint density at radius 1 is 1.09 bits per heavy atom. The Labute approximate surface area is 182 Å². The molecule has 0 saturated carbocycles. The van der Waals surface area contributed by atoms with Crippen LogP contribution in [-0.4, -0.2) is 26.0 Å². The number of urea groups is 1. The summed E-state index contributed by atoms with van der Waals surface area (Å²) in [6.07, 6.45) is 5.23. The van der Waals surface area contributed by atoms with Crippen molar-refractivity contribution in [2.24, 2.45) is 0 Å². The van der Waals surface area contributed by atoms with E-state index in [4.69, 9.17) is 0 Å². The van der Waals surface area contributed by atoms with E-state index in [0.29, 0.717) is 23.2 Å². The van der Waals surface area contributed by atoms with Gasteiger partial charge < -0.3 is 5.32 Å². The van der Waals surface area contributed by atoms with Gasteiger partial charge in [-0.15, -0.1) is 0 Å². The summed E-state index contributed by atoms with van der Waals surface area (Å²) in [7, 11) is 0. The third-order valence-corrected chi connectivity index (χ3v) is 4.81. The normalized spacial score (nSPS) is 10.8. The second-order valence-corrected chi connectivity index (χ2v) is 6.90. The molecule has 4 rings (SSSR count). The average Bonchev–Trinajstić information content (AvgIpc) is 3.26. The molecule has 0 fully saturated rings. The van der Waals surface area contributed by atoms with Crippen LogP contribution in [0.5, 0.6) is 0 Å². The Morgan fingerprint density at radius 2 is 1.88 bits per heavy atom. The molecule has 2 heterocycles. The van der Waals surface area contributed by atoms with E-state index in [1.807, 2.05) is 31.3 Å². The molecule has 2 N–H and O–H groups in total. The van der Waals surface area contributed by atoms with Gasteiger partial charge in [-0.05, 0) is 48.9 Å². The molecule has 0 aliphatic carbocycles. The minimum Gasteiger partial charge on any atom is -0.303 e. The van der Waals surface area contributed by atoms with E-state index in [1.54, 1.807) is 29.2 Å². The summed E-state index contributed by atoms with van der Waals surface area (Å²) in [6.45, 7) is 2.63. The molecule has 4 aromatic rings. The number of carbonyl (C=O) groups excluding carboxylic acids is 1. The fourth-order valence-corrected chi connectivity index (χ4v) is 3.20. The largest absolute Gasteiger partial charge is 0.350 e. The molecule has 2 aromatic heterocycles. The third kappa shape index (κ3) is 4.33. The van der Waals surface area contributed by atoms with Crippen LogP contribution >= 0.6 is 0 Å². The first-order valence-electron chi connectivity index (χ1n) is 9.79. The molecule has 0 atom stereocenters. The zero-order valence-electron chi connectivity index (χ0n) is 17.0. The molecule has 2 aromatic carbocycles. The lowest BCUT2D eigenvalue weighted by molar-refractivity contribution is 0.216. The van der Waals surface area contributed by atoms with Gasteiger partial charge in [-0.2, -0.15) is 10.2 Å². The molecule has 9 heteroatoms. The van der Waals surface area contributed by atoms with Crippen LogP contribution in [0.3, 0.4) is 0 Å². The van der Waals surface area contributed by atoms with E-state index >= 15 is 0 Å². The van der Waals surface area contributed by atoms with Gasteiger partial charge in [-0.25, -0.2) is 13.6 Å². The number of nitrogens with zero attached hydrogens (tertiary/aromatic N) is 4. The van der Waals surface area contributed by atoms with Crippen molar-refractivity contribution in [3.8, 4) is 22.4 Å². The summed E-state index contributed by atoms with van der Waals surface area (Å²) in [5.41, 5.74) is 3.03. The maximum atomic E-state index is 13.8. The second kappa shape index (κ2) is 8.94. The summed E-state index contributed by atoms with van der Waals surface area (Å²) < 4.78 is 28.7. The summed E-state index contributed by atoms with van der Waals surface area (Å²) in [5.74, 6) is -1.72. The molecular formula is C23H19F2N5O2. The Kier molecular flexibility index (Phi) is 5.91. The predicted octanol–water partition coefficient (Wildman–Crippen LogP) is 5.34. The van der Waals surface area contributed by atoms with E-state index in [0.717, 1.165) is 29.0 Å². The third-order valence-electron chi connectivity index (χ3n) is 4.81. The number of aromatic nitrogens is 3. The van der Waals surface area contributed by atoms with E-state index in [1.165, 1.54) is 6.07 Å². The maximum Gasteiger partial charge on any atom is 0.350 e. The van der Waals surface area contributed by atoms with Crippen LogP contribution in [0.4, 0.5) is 25.0 Å². The number of amides is 2. The quantitative estimate of drug-likeness (QED) is 0.328. The van der Waals surface area contributed by atoms with Gasteiger partial charge >= 0.3 is 6.03 Å². The van der Waals surface area contributed by atoms with Crippen molar-refractivity contribution in [2.75, 3.05) is 10.4 Å². The number of anilines is 2. The molecule has 0 spiro atoms. The summed E-state index contributed by atoms with van der Waals surface area (Å²) in [6, 6.07) is 12.1. The standard InChI is InChI=1S/C23H19F2N5O2/c1-2-29-14-19(22(28-29)15-8-10-26-11-9-15)16-4-3-5-18(12-16)30(32)23(31)27-21-7-6-17(24)13-20(21)25/h3-14,32H,2H2,1H3,(H,27,31). The molecule has 0 aliphatic rings. The topological polar surface area (TPSA) is 83.3 Å². The number of aryl methyl sites for hydroxylation is 1. The first kappa shape index (κ1) is 21.1. The fraction of sp³-hybridized carbons (Fsp3) is 0.0870. The van der Waals surface area contributed by atoms with Crippen LogP contribution < -0.4 is 10.4 Å². The Bertz CT molecular complexity index is 1260. The maximum absolute atomic E-state index is 13.8. The van der Waals surface area contributed by atoms with Gasteiger partial charge in [0.25, 0.3) is 0 Å². The number of hydrogen-bond acceptors (Lipinski definition) is 4. The second-order valence-electron chi connectivity index (χ2n) is 6.90. The molecule has 0 unspecified atom stereocenters. The summed E-state index contributed by atoms with van der Waals surface area (Å²) in [4.78, 5) is 16.5. The predicted molar refractivity (Wildman–Crippen MR) is 116 cm³/mol. The lowest BCUT2D eigenvalue weighted by Crippen LogP contribution is -2.32. The van der Waals surface area contributed by atoms with Crippen LogP contribution in [0.15, 0.2) is 73.2 Å². The lowest BCUT2D eigenvalue weighted by Gasteiger charge is -2.17. The van der Waals surface area contributed by atoms with Crippen molar-refractivity contribution in [3.63, 3.8) is 0 Å². The minimum atomic E-state index is -0.994. The monoisotopic (exact) mass is 435 g/mol.